The Balaban J connectivity index is 1.96. The Kier molecular flexibility index (Phi) is 4.99. The summed E-state index contributed by atoms with van der Waals surface area (Å²) in [5, 5.41) is 0. The molecule has 26 heavy (non-hydrogen) atoms. The molecule has 0 amide bonds. The molecule has 0 aliphatic heterocycles. The average molecular weight is 372 g/mol. The molecule has 2 heterocycles. The first-order chi connectivity index (χ1) is 12.5. The number of pyridine rings is 1. The quantitative estimate of drug-likeness (QED) is 0.708. The van der Waals surface area contributed by atoms with Crippen molar-refractivity contribution < 1.29 is 17.9 Å². The van der Waals surface area contributed by atoms with Crippen LogP contribution in [0.2, 0.25) is 0 Å². The highest BCUT2D eigenvalue weighted by Gasteiger charge is 2.21. The molecule has 0 bridgehead atoms. The van der Waals surface area contributed by atoms with E-state index in [9.17, 15) is 8.42 Å². The molecule has 0 aliphatic carbocycles. The van der Waals surface area contributed by atoms with Crippen LogP contribution in [0, 0.1) is 0 Å². The molecule has 8 nitrogen and oxygen atoms in total. The molecule has 0 spiro atoms. The van der Waals surface area contributed by atoms with E-state index in [0.717, 1.165) is 0 Å². The second kappa shape index (κ2) is 7.36. The number of hydrogen-bond acceptors (Lipinski definition) is 7. The van der Waals surface area contributed by atoms with Gasteiger partial charge in [0.15, 0.2) is 0 Å². The molecule has 0 radical (unpaired) electrons. The van der Waals surface area contributed by atoms with Crippen LogP contribution in [0.3, 0.4) is 0 Å². The number of nitrogens with one attached hydrogen (secondary N) is 1. The topological polar surface area (TPSA) is 103 Å². The Labute approximate surface area is 150 Å². The van der Waals surface area contributed by atoms with Crippen LogP contribution < -0.4 is 14.2 Å². The monoisotopic (exact) mass is 372 g/mol. The maximum Gasteiger partial charge on any atom is 0.265 e. The first-order valence-corrected chi connectivity index (χ1v) is 8.98. The zero-order valence-corrected chi connectivity index (χ0v) is 14.9. The van der Waals surface area contributed by atoms with E-state index < -0.39 is 10.0 Å². The van der Waals surface area contributed by atoms with Gasteiger partial charge < -0.3 is 9.47 Å². The molecule has 0 saturated heterocycles. The molecule has 3 aromatic rings. The third-order valence-corrected chi connectivity index (χ3v) is 4.91. The lowest BCUT2D eigenvalue weighted by atomic mass is 10.2. The van der Waals surface area contributed by atoms with Crippen molar-refractivity contribution in [1.29, 1.82) is 0 Å². The van der Waals surface area contributed by atoms with E-state index in [1.165, 1.54) is 32.5 Å². The zero-order valence-electron chi connectivity index (χ0n) is 14.1. The van der Waals surface area contributed by atoms with E-state index in [4.69, 9.17) is 9.47 Å². The van der Waals surface area contributed by atoms with Gasteiger partial charge in [-0.15, -0.1) is 0 Å². The fourth-order valence-corrected chi connectivity index (χ4v) is 3.51. The van der Waals surface area contributed by atoms with Crippen LogP contribution in [0.5, 0.6) is 11.5 Å². The molecule has 0 fully saturated rings. The summed E-state index contributed by atoms with van der Waals surface area (Å²) < 4.78 is 38.3. The van der Waals surface area contributed by atoms with Gasteiger partial charge in [-0.25, -0.2) is 8.42 Å². The van der Waals surface area contributed by atoms with E-state index in [0.29, 0.717) is 17.0 Å². The van der Waals surface area contributed by atoms with Crippen LogP contribution in [-0.2, 0) is 10.0 Å². The minimum atomic E-state index is -3.92. The number of aromatic nitrogens is 3. The van der Waals surface area contributed by atoms with Gasteiger partial charge in [-0.2, -0.15) is 0 Å². The van der Waals surface area contributed by atoms with Gasteiger partial charge in [-0.1, -0.05) is 0 Å². The smallest absolute Gasteiger partial charge is 0.265 e. The van der Waals surface area contributed by atoms with Gasteiger partial charge in [-0.3, -0.25) is 19.7 Å². The number of methoxy groups -OCH3 is 2. The minimum Gasteiger partial charge on any atom is -0.497 e. The highest BCUT2D eigenvalue weighted by atomic mass is 32.2. The van der Waals surface area contributed by atoms with E-state index in [1.807, 2.05) is 0 Å². The standard InChI is InChI=1S/C17H16N4O4S/c1-24-14-3-4-16(25-2)17(8-14)26(22,23)21-13-7-12(9-19-10-13)15-11-18-5-6-20-15/h3-11,21H,1-2H3. The summed E-state index contributed by atoms with van der Waals surface area (Å²) in [5.41, 5.74) is 1.51. The van der Waals surface area contributed by atoms with Gasteiger partial charge in [-0.05, 0) is 18.2 Å². The van der Waals surface area contributed by atoms with Crippen molar-refractivity contribution in [2.75, 3.05) is 18.9 Å². The van der Waals surface area contributed by atoms with Gasteiger partial charge in [0.25, 0.3) is 10.0 Å². The Bertz CT molecular complexity index is 1010. The Morgan fingerprint density at radius 1 is 0.962 bits per heavy atom. The summed E-state index contributed by atoms with van der Waals surface area (Å²) in [6, 6.07) is 6.16. The van der Waals surface area contributed by atoms with Crippen LogP contribution in [0.4, 0.5) is 5.69 Å². The number of hydrogen-bond donors (Lipinski definition) is 1. The Hall–Kier alpha value is -3.20. The van der Waals surface area contributed by atoms with E-state index in [1.54, 1.807) is 36.9 Å². The van der Waals surface area contributed by atoms with Crippen LogP contribution in [0.25, 0.3) is 11.3 Å². The number of benzene rings is 1. The van der Waals surface area contributed by atoms with Crippen LogP contribution in [-0.4, -0.2) is 37.6 Å². The second-order valence-electron chi connectivity index (χ2n) is 5.18. The van der Waals surface area contributed by atoms with Gasteiger partial charge in [0.2, 0.25) is 0 Å². The van der Waals surface area contributed by atoms with E-state index in [2.05, 4.69) is 19.7 Å². The molecule has 9 heteroatoms. The molecule has 1 aromatic carbocycles. The fourth-order valence-electron chi connectivity index (χ4n) is 2.29. The van der Waals surface area contributed by atoms with Gasteiger partial charge in [0.05, 0.1) is 38.0 Å². The number of anilines is 1. The first kappa shape index (κ1) is 17.6. The maximum atomic E-state index is 12.8. The Morgan fingerprint density at radius 2 is 1.81 bits per heavy atom. The Morgan fingerprint density at radius 3 is 2.50 bits per heavy atom. The van der Waals surface area contributed by atoms with E-state index >= 15 is 0 Å². The lowest BCUT2D eigenvalue weighted by molar-refractivity contribution is 0.392. The van der Waals surface area contributed by atoms with Crippen molar-refractivity contribution in [2.24, 2.45) is 0 Å². The zero-order chi connectivity index (χ0) is 18.6. The molecule has 3 rings (SSSR count). The van der Waals surface area contributed by atoms with Crippen LogP contribution in [0.1, 0.15) is 0 Å². The molecular formula is C17H16N4O4S. The molecule has 0 unspecified atom stereocenters. The van der Waals surface area contributed by atoms with Gasteiger partial charge >= 0.3 is 0 Å². The lowest BCUT2D eigenvalue weighted by Crippen LogP contribution is -2.14. The van der Waals surface area contributed by atoms with Gasteiger partial charge in [0.1, 0.15) is 16.4 Å². The third-order valence-electron chi connectivity index (χ3n) is 3.51. The summed E-state index contributed by atoms with van der Waals surface area (Å²) >= 11 is 0. The molecule has 0 atom stereocenters. The number of nitrogens with zero attached hydrogens (tertiary/aromatic N) is 3. The molecular weight excluding hydrogens is 356 g/mol. The minimum absolute atomic E-state index is 0.0377. The van der Waals surface area contributed by atoms with Crippen molar-refractivity contribution in [1.82, 2.24) is 15.0 Å². The van der Waals surface area contributed by atoms with E-state index in [-0.39, 0.29) is 16.3 Å². The highest BCUT2D eigenvalue weighted by molar-refractivity contribution is 7.92. The maximum absolute atomic E-state index is 12.8. The fraction of sp³-hybridized carbons (Fsp3) is 0.118. The molecule has 0 saturated carbocycles. The summed E-state index contributed by atoms with van der Waals surface area (Å²) in [6.45, 7) is 0. The average Bonchev–Trinajstić information content (AvgIpc) is 2.68. The number of sulfonamides is 1. The van der Waals surface area contributed by atoms with Crippen molar-refractivity contribution in [2.45, 2.75) is 4.90 Å². The summed E-state index contributed by atoms with van der Waals surface area (Å²) in [6.07, 6.45) is 7.66. The molecule has 1 N–H and O–H groups in total. The third kappa shape index (κ3) is 3.72. The first-order valence-electron chi connectivity index (χ1n) is 7.50. The van der Waals surface area contributed by atoms with Crippen molar-refractivity contribution in [3.05, 3.63) is 55.2 Å². The SMILES string of the molecule is COc1ccc(OC)c(S(=O)(=O)Nc2cncc(-c3cnccn3)c2)c1. The summed E-state index contributed by atoms with van der Waals surface area (Å²) in [5.74, 6) is 0.606. The van der Waals surface area contributed by atoms with Crippen LogP contribution in [0.15, 0.2) is 60.1 Å². The lowest BCUT2D eigenvalue weighted by Gasteiger charge is -2.13. The molecule has 134 valence electrons. The number of rotatable bonds is 6. The second-order valence-corrected chi connectivity index (χ2v) is 6.83. The summed E-state index contributed by atoms with van der Waals surface area (Å²) in [7, 11) is -1.06. The van der Waals surface area contributed by atoms with Crippen molar-refractivity contribution in [3.8, 4) is 22.8 Å². The van der Waals surface area contributed by atoms with Crippen molar-refractivity contribution in [3.63, 3.8) is 0 Å². The highest BCUT2D eigenvalue weighted by Crippen LogP contribution is 2.30. The molecule has 2 aromatic heterocycles. The van der Waals surface area contributed by atoms with Crippen LogP contribution >= 0.6 is 0 Å². The number of ether oxygens (including phenoxy) is 2. The summed E-state index contributed by atoms with van der Waals surface area (Å²) in [4.78, 5) is 12.2. The molecule has 0 aliphatic rings. The largest absolute Gasteiger partial charge is 0.497 e. The predicted octanol–water partition coefficient (Wildman–Crippen LogP) is 2.36. The van der Waals surface area contributed by atoms with Gasteiger partial charge in [0, 0.05) is 30.2 Å². The predicted molar refractivity (Wildman–Crippen MR) is 95.6 cm³/mol. The van der Waals surface area contributed by atoms with Crippen molar-refractivity contribution >= 4 is 15.7 Å². The normalized spacial score (nSPS) is 11.0.